The molecular weight excluding hydrogens is 464 g/mol. The van der Waals surface area contributed by atoms with Crippen LogP contribution in [0, 0.1) is 18.3 Å². The van der Waals surface area contributed by atoms with Crippen molar-refractivity contribution >= 4 is 23.7 Å². The molecule has 4 heterocycles. The Morgan fingerprint density at radius 2 is 2.03 bits per heavy atom. The number of hydrogen-bond acceptors (Lipinski definition) is 7. The molecule has 2 aromatic rings. The van der Waals surface area contributed by atoms with E-state index in [9.17, 15) is 14.4 Å². The molecule has 3 aliphatic rings. The van der Waals surface area contributed by atoms with Gasteiger partial charge in [-0.25, -0.2) is 4.79 Å². The summed E-state index contributed by atoms with van der Waals surface area (Å²) in [5.74, 6) is 0.734. The van der Waals surface area contributed by atoms with Gasteiger partial charge in [-0.15, -0.1) is 0 Å². The van der Waals surface area contributed by atoms with Crippen molar-refractivity contribution < 1.29 is 23.6 Å². The third-order valence-electron chi connectivity index (χ3n) is 7.17. The van der Waals surface area contributed by atoms with Gasteiger partial charge in [-0.1, -0.05) is 5.16 Å². The highest BCUT2D eigenvalue weighted by Gasteiger charge is 2.66. The quantitative estimate of drug-likeness (QED) is 0.647. The number of nitrogens with zero attached hydrogens (tertiary/aromatic N) is 4. The van der Waals surface area contributed by atoms with Crippen LogP contribution in [0.1, 0.15) is 69.6 Å². The van der Waals surface area contributed by atoms with Gasteiger partial charge in [0.25, 0.3) is 0 Å². The Bertz CT molecular complexity index is 1160. The van der Waals surface area contributed by atoms with Crippen molar-refractivity contribution in [3.8, 4) is 0 Å². The van der Waals surface area contributed by atoms with Gasteiger partial charge in [0, 0.05) is 43.1 Å². The molecule has 2 atom stereocenters. The second kappa shape index (κ2) is 8.94. The van der Waals surface area contributed by atoms with Crippen molar-refractivity contribution in [1.82, 2.24) is 25.2 Å². The highest BCUT2D eigenvalue weighted by molar-refractivity contribution is 5.91. The van der Waals surface area contributed by atoms with E-state index in [0.717, 1.165) is 37.1 Å². The van der Waals surface area contributed by atoms with Crippen LogP contribution in [0.25, 0.3) is 0 Å². The molecule has 3 fully saturated rings. The molecule has 36 heavy (non-hydrogen) atoms. The fourth-order valence-corrected chi connectivity index (χ4v) is 5.35. The molecule has 0 bridgehead atoms. The number of rotatable bonds is 5. The minimum atomic E-state index is -0.531. The van der Waals surface area contributed by atoms with Gasteiger partial charge in [-0.05, 0) is 53.4 Å². The summed E-state index contributed by atoms with van der Waals surface area (Å²) >= 11 is 0. The highest BCUT2D eigenvalue weighted by Crippen LogP contribution is 2.60. The number of ether oxygens (including phenoxy) is 1. The maximum Gasteiger partial charge on any atom is 0.410 e. The second-order valence-corrected chi connectivity index (χ2v) is 11.4. The number of anilines is 1. The number of carbonyl (C=O) groups excluding carboxylic acids is 3. The summed E-state index contributed by atoms with van der Waals surface area (Å²) < 4.78 is 10.6. The van der Waals surface area contributed by atoms with Gasteiger partial charge in [0.15, 0.2) is 5.82 Å². The van der Waals surface area contributed by atoms with Crippen LogP contribution in [0.4, 0.5) is 10.6 Å². The first kappa shape index (κ1) is 24.3. The minimum absolute atomic E-state index is 0.0655. The zero-order chi connectivity index (χ0) is 25.7. The highest BCUT2D eigenvalue weighted by atomic mass is 16.6. The lowest BCUT2D eigenvalue weighted by Gasteiger charge is -2.42. The third kappa shape index (κ3) is 4.96. The number of nitrogens with one attached hydrogen (secondary N) is 2. The predicted octanol–water partition coefficient (Wildman–Crippen LogP) is 3.20. The van der Waals surface area contributed by atoms with Crippen molar-refractivity contribution in [1.29, 1.82) is 0 Å². The third-order valence-corrected chi connectivity index (χ3v) is 7.17. The van der Waals surface area contributed by atoms with E-state index in [0.29, 0.717) is 31.2 Å². The number of amides is 3. The van der Waals surface area contributed by atoms with Crippen LogP contribution in [-0.4, -0.2) is 68.3 Å². The number of aromatic amines is 1. The Balaban J connectivity index is 1.18. The summed E-state index contributed by atoms with van der Waals surface area (Å²) in [6.07, 6.45) is 3.37. The van der Waals surface area contributed by atoms with Crippen LogP contribution in [-0.2, 0) is 20.7 Å². The molecule has 2 aromatic heterocycles. The summed E-state index contributed by atoms with van der Waals surface area (Å²) in [6, 6.07) is 3.41. The Morgan fingerprint density at radius 3 is 2.72 bits per heavy atom. The molecule has 3 amide bonds. The van der Waals surface area contributed by atoms with Gasteiger partial charge in [0.05, 0.1) is 23.9 Å². The zero-order valence-electron chi connectivity index (χ0n) is 21.3. The van der Waals surface area contributed by atoms with Crippen LogP contribution >= 0.6 is 0 Å². The van der Waals surface area contributed by atoms with E-state index in [1.807, 2.05) is 25.7 Å². The van der Waals surface area contributed by atoms with Crippen molar-refractivity contribution in [2.45, 2.75) is 71.4 Å². The lowest BCUT2D eigenvalue weighted by atomic mass is 9.92. The molecular formula is C25H34N6O5. The van der Waals surface area contributed by atoms with E-state index in [2.05, 4.69) is 20.7 Å². The van der Waals surface area contributed by atoms with Crippen molar-refractivity contribution in [3.05, 3.63) is 29.3 Å². The molecule has 0 aromatic carbocycles. The molecule has 2 saturated heterocycles. The maximum absolute atomic E-state index is 13.5. The van der Waals surface area contributed by atoms with E-state index in [4.69, 9.17) is 9.26 Å². The number of piperidine rings is 1. The summed E-state index contributed by atoms with van der Waals surface area (Å²) in [5.41, 5.74) is 0.894. The number of likely N-dealkylation sites (tertiary alicyclic amines) is 2. The molecule has 2 aliphatic heterocycles. The minimum Gasteiger partial charge on any atom is -0.444 e. The first-order valence-electron chi connectivity index (χ1n) is 12.6. The molecule has 11 heteroatoms. The molecule has 194 valence electrons. The van der Waals surface area contributed by atoms with Crippen LogP contribution in [0.15, 0.2) is 16.7 Å². The molecule has 0 radical (unpaired) electrons. The van der Waals surface area contributed by atoms with Crippen molar-refractivity contribution in [2.24, 2.45) is 11.3 Å². The molecule has 2 unspecified atom stereocenters. The van der Waals surface area contributed by atoms with Crippen LogP contribution in [0.2, 0.25) is 0 Å². The number of carbonyl (C=O) groups is 3. The van der Waals surface area contributed by atoms with Gasteiger partial charge in [0.1, 0.15) is 11.4 Å². The van der Waals surface area contributed by atoms with Gasteiger partial charge < -0.3 is 24.4 Å². The zero-order valence-corrected chi connectivity index (χ0v) is 21.3. The molecule has 11 nitrogen and oxygen atoms in total. The number of aromatic nitrogens is 3. The molecule has 1 saturated carbocycles. The van der Waals surface area contributed by atoms with Gasteiger partial charge >= 0.3 is 6.09 Å². The molecule has 2 N–H and O–H groups in total. The Morgan fingerprint density at radius 1 is 1.25 bits per heavy atom. The Hall–Kier alpha value is -3.37. The van der Waals surface area contributed by atoms with Gasteiger partial charge in [-0.3, -0.25) is 14.7 Å². The first-order chi connectivity index (χ1) is 17.0. The second-order valence-electron chi connectivity index (χ2n) is 11.4. The lowest BCUT2D eigenvalue weighted by Crippen LogP contribution is -2.55. The molecule has 5 rings (SSSR count). The number of H-pyrrole nitrogens is 1. The SMILES string of the molecule is Cc1cc(CC(=O)Nc2cc(C3CCCCN3C(=O)C3CC34CN(C(=O)OC(C)(C)C)C4)[nH]n2)on1. The Kier molecular flexibility index (Phi) is 6.04. The predicted molar refractivity (Wildman–Crippen MR) is 129 cm³/mol. The monoisotopic (exact) mass is 498 g/mol. The first-order valence-corrected chi connectivity index (χ1v) is 12.6. The van der Waals surface area contributed by atoms with Crippen molar-refractivity contribution in [2.75, 3.05) is 25.0 Å². The van der Waals surface area contributed by atoms with Crippen LogP contribution < -0.4 is 5.32 Å². The number of hydrogen-bond donors (Lipinski definition) is 2. The summed E-state index contributed by atoms with van der Waals surface area (Å²) in [4.78, 5) is 41.8. The fourth-order valence-electron chi connectivity index (χ4n) is 5.35. The van der Waals surface area contributed by atoms with Gasteiger partial charge in [0.2, 0.25) is 11.8 Å². The standard InChI is InChI=1S/C25H34N6O5/c1-15-9-16(36-29-15)10-21(32)26-20-11-18(27-28-20)19-7-5-6-8-31(19)22(33)17-12-25(17)13-30(14-25)23(34)35-24(2,3)4/h9,11,17,19H,5-8,10,12-14H2,1-4H3,(H2,26,27,28,32). The van der Waals surface area contributed by atoms with Crippen molar-refractivity contribution in [3.63, 3.8) is 0 Å². The topological polar surface area (TPSA) is 134 Å². The van der Waals surface area contributed by atoms with E-state index in [1.54, 1.807) is 24.0 Å². The molecule has 1 spiro atoms. The van der Waals surface area contributed by atoms with E-state index < -0.39 is 5.60 Å². The van der Waals surface area contributed by atoms with E-state index >= 15 is 0 Å². The van der Waals surface area contributed by atoms with Gasteiger partial charge in [-0.2, -0.15) is 5.10 Å². The average Bonchev–Trinajstić information content (AvgIpc) is 3.15. The van der Waals surface area contributed by atoms with E-state index in [-0.39, 0.29) is 41.7 Å². The fraction of sp³-hybridized carbons (Fsp3) is 0.640. The summed E-state index contributed by atoms with van der Waals surface area (Å²) in [5, 5.41) is 13.8. The Labute approximate surface area is 209 Å². The number of aryl methyl sites for hydroxylation is 1. The summed E-state index contributed by atoms with van der Waals surface area (Å²) in [7, 11) is 0. The van der Waals surface area contributed by atoms with Crippen LogP contribution in [0.5, 0.6) is 0 Å². The normalized spacial score (nSPS) is 22.8. The lowest BCUT2D eigenvalue weighted by molar-refractivity contribution is -0.138. The van der Waals surface area contributed by atoms with Crippen LogP contribution in [0.3, 0.4) is 0 Å². The molecule has 1 aliphatic carbocycles. The maximum atomic E-state index is 13.5. The smallest absolute Gasteiger partial charge is 0.410 e. The van der Waals surface area contributed by atoms with E-state index in [1.165, 1.54) is 0 Å². The average molecular weight is 499 g/mol. The largest absolute Gasteiger partial charge is 0.444 e. The summed E-state index contributed by atoms with van der Waals surface area (Å²) in [6.45, 7) is 9.19.